The molecule has 2 unspecified atom stereocenters. The Bertz CT molecular complexity index is 460. The minimum absolute atomic E-state index is 0.148. The highest BCUT2D eigenvalue weighted by atomic mass is 32.2. The summed E-state index contributed by atoms with van der Waals surface area (Å²) in [6.45, 7) is 0. The largest absolute Gasteiger partial charge is 0.492 e. The molecule has 19 heavy (non-hydrogen) atoms. The van der Waals surface area contributed by atoms with E-state index < -0.39 is 12.0 Å². The molecule has 0 aliphatic carbocycles. The Morgan fingerprint density at radius 2 is 2.37 bits per heavy atom. The average Bonchev–Trinajstić information content (AvgIpc) is 2.90. The fourth-order valence-electron chi connectivity index (χ4n) is 2.01. The molecule has 104 valence electrons. The first kappa shape index (κ1) is 14.0. The molecular formula is C13H17NO4S. The lowest BCUT2D eigenvalue weighted by atomic mass is 10.1. The molecule has 0 bridgehead atoms. The molecule has 1 heterocycles. The molecule has 2 atom stereocenters. The maximum atomic E-state index is 11.0. The molecular weight excluding hydrogens is 266 g/mol. The van der Waals surface area contributed by atoms with Gasteiger partial charge in [0.15, 0.2) is 11.5 Å². The summed E-state index contributed by atoms with van der Waals surface area (Å²) in [5.74, 6) is 1.91. The van der Waals surface area contributed by atoms with Crippen LogP contribution in [0.1, 0.15) is 18.0 Å². The molecule has 2 rings (SSSR count). The number of methoxy groups -OCH3 is 1. The highest BCUT2D eigenvalue weighted by molar-refractivity contribution is 7.99. The highest BCUT2D eigenvalue weighted by Gasteiger charge is 2.24. The van der Waals surface area contributed by atoms with Gasteiger partial charge in [0.05, 0.1) is 7.11 Å². The Kier molecular flexibility index (Phi) is 4.55. The van der Waals surface area contributed by atoms with Gasteiger partial charge < -0.3 is 20.3 Å². The summed E-state index contributed by atoms with van der Waals surface area (Å²) in [6, 6.07) is 4.04. The third-order valence-electron chi connectivity index (χ3n) is 3.00. The van der Waals surface area contributed by atoms with Crippen LogP contribution in [0.4, 0.5) is 0 Å². The van der Waals surface area contributed by atoms with Crippen molar-refractivity contribution in [1.29, 1.82) is 0 Å². The van der Waals surface area contributed by atoms with Gasteiger partial charge in [-0.3, -0.25) is 4.79 Å². The smallest absolute Gasteiger partial charge is 0.325 e. The number of rotatable bonds is 5. The van der Waals surface area contributed by atoms with Gasteiger partial charge >= 0.3 is 5.97 Å². The number of ether oxygens (including phenoxy) is 2. The quantitative estimate of drug-likeness (QED) is 0.855. The number of aliphatic carboxylic acids is 1. The minimum atomic E-state index is -1.11. The summed E-state index contributed by atoms with van der Waals surface area (Å²) < 4.78 is 11.2. The fraction of sp³-hybridized carbons (Fsp3) is 0.462. The number of carbonyl (C=O) groups is 1. The topological polar surface area (TPSA) is 81.8 Å². The van der Waals surface area contributed by atoms with Crippen LogP contribution in [0.25, 0.3) is 0 Å². The average molecular weight is 283 g/mol. The van der Waals surface area contributed by atoms with Gasteiger partial charge in [-0.05, 0) is 18.2 Å². The van der Waals surface area contributed by atoms with Gasteiger partial charge in [-0.2, -0.15) is 11.8 Å². The van der Waals surface area contributed by atoms with Crippen LogP contribution in [-0.2, 0) is 4.79 Å². The molecule has 0 aromatic heterocycles. The van der Waals surface area contributed by atoms with E-state index in [1.54, 1.807) is 18.2 Å². The Balaban J connectivity index is 2.27. The SMILES string of the molecule is COc1c(OC2CCSC2)cccc1C(N)C(=O)O. The number of para-hydroxylation sites is 1. The fourth-order valence-corrected chi connectivity index (χ4v) is 3.10. The zero-order valence-corrected chi connectivity index (χ0v) is 11.5. The zero-order chi connectivity index (χ0) is 13.8. The first-order valence-corrected chi connectivity index (χ1v) is 7.18. The Hall–Kier alpha value is -1.40. The summed E-state index contributed by atoms with van der Waals surface area (Å²) in [6.07, 6.45) is 1.14. The second-order valence-electron chi connectivity index (χ2n) is 4.30. The monoisotopic (exact) mass is 283 g/mol. The van der Waals surface area contributed by atoms with E-state index >= 15 is 0 Å². The van der Waals surface area contributed by atoms with Crippen molar-refractivity contribution in [3.63, 3.8) is 0 Å². The van der Waals surface area contributed by atoms with Gasteiger partial charge in [0.2, 0.25) is 0 Å². The lowest BCUT2D eigenvalue weighted by Gasteiger charge is -2.19. The molecule has 0 radical (unpaired) electrons. The maximum absolute atomic E-state index is 11.0. The Morgan fingerprint density at radius 1 is 1.58 bits per heavy atom. The number of benzene rings is 1. The number of hydrogen-bond donors (Lipinski definition) is 2. The van der Waals surface area contributed by atoms with Crippen molar-refractivity contribution in [1.82, 2.24) is 0 Å². The second kappa shape index (κ2) is 6.16. The molecule has 1 aliphatic heterocycles. The third-order valence-corrected chi connectivity index (χ3v) is 4.13. The van der Waals surface area contributed by atoms with E-state index in [4.69, 9.17) is 20.3 Å². The number of carboxylic acids is 1. The minimum Gasteiger partial charge on any atom is -0.492 e. The van der Waals surface area contributed by atoms with Crippen molar-refractivity contribution in [3.05, 3.63) is 23.8 Å². The van der Waals surface area contributed by atoms with Crippen molar-refractivity contribution in [2.45, 2.75) is 18.6 Å². The predicted octanol–water partition coefficient (Wildman–Crippen LogP) is 1.66. The standard InChI is InChI=1S/C13H17NO4S/c1-17-12-9(11(14)13(15)16)3-2-4-10(12)18-8-5-6-19-7-8/h2-4,8,11H,5-7,14H2,1H3,(H,15,16). The molecule has 0 spiro atoms. The summed E-state index contributed by atoms with van der Waals surface area (Å²) in [5.41, 5.74) is 6.08. The van der Waals surface area contributed by atoms with Crippen molar-refractivity contribution in [3.8, 4) is 11.5 Å². The van der Waals surface area contributed by atoms with Gasteiger partial charge in [-0.25, -0.2) is 0 Å². The number of thioether (sulfide) groups is 1. The van der Waals surface area contributed by atoms with E-state index in [0.29, 0.717) is 17.1 Å². The van der Waals surface area contributed by atoms with Crippen LogP contribution in [0.3, 0.4) is 0 Å². The lowest BCUT2D eigenvalue weighted by Crippen LogP contribution is -2.22. The Morgan fingerprint density at radius 3 is 2.95 bits per heavy atom. The van der Waals surface area contributed by atoms with Gasteiger partial charge in [-0.1, -0.05) is 12.1 Å². The lowest BCUT2D eigenvalue weighted by molar-refractivity contribution is -0.138. The van der Waals surface area contributed by atoms with Gasteiger partial charge in [-0.15, -0.1) is 0 Å². The van der Waals surface area contributed by atoms with Crippen molar-refractivity contribution in [2.75, 3.05) is 18.6 Å². The Labute approximate surface area is 116 Å². The predicted molar refractivity (Wildman–Crippen MR) is 73.9 cm³/mol. The molecule has 1 saturated heterocycles. The first-order chi connectivity index (χ1) is 9.13. The summed E-state index contributed by atoms with van der Waals surface area (Å²) in [7, 11) is 1.49. The van der Waals surface area contributed by atoms with Crippen LogP contribution in [-0.4, -0.2) is 35.8 Å². The molecule has 0 amide bonds. The first-order valence-electron chi connectivity index (χ1n) is 6.03. The molecule has 1 aromatic carbocycles. The molecule has 1 aromatic rings. The van der Waals surface area contributed by atoms with Crippen LogP contribution >= 0.6 is 11.8 Å². The van der Waals surface area contributed by atoms with E-state index in [9.17, 15) is 4.79 Å². The highest BCUT2D eigenvalue weighted by Crippen LogP contribution is 2.36. The molecule has 0 saturated carbocycles. The maximum Gasteiger partial charge on any atom is 0.325 e. The molecule has 6 heteroatoms. The summed E-state index contributed by atoms with van der Waals surface area (Å²) in [5, 5.41) is 9.01. The molecule has 5 nitrogen and oxygen atoms in total. The normalized spacial score (nSPS) is 20.0. The summed E-state index contributed by atoms with van der Waals surface area (Å²) in [4.78, 5) is 11.0. The van der Waals surface area contributed by atoms with Gasteiger partial charge in [0.25, 0.3) is 0 Å². The van der Waals surface area contributed by atoms with Crippen molar-refractivity contribution >= 4 is 17.7 Å². The molecule has 1 fully saturated rings. The number of nitrogens with two attached hydrogens (primary N) is 1. The van der Waals surface area contributed by atoms with Crippen molar-refractivity contribution < 1.29 is 19.4 Å². The zero-order valence-electron chi connectivity index (χ0n) is 10.7. The van der Waals surface area contributed by atoms with Crippen molar-refractivity contribution in [2.24, 2.45) is 5.73 Å². The molecule has 3 N–H and O–H groups in total. The number of carboxylic acid groups (broad SMARTS) is 1. The second-order valence-corrected chi connectivity index (χ2v) is 5.45. The van der Waals surface area contributed by atoms with Crippen LogP contribution in [0, 0.1) is 0 Å². The van der Waals surface area contributed by atoms with Gasteiger partial charge in [0, 0.05) is 11.3 Å². The molecule has 1 aliphatic rings. The summed E-state index contributed by atoms with van der Waals surface area (Å²) >= 11 is 1.85. The number of hydrogen-bond acceptors (Lipinski definition) is 5. The van der Waals surface area contributed by atoms with E-state index in [0.717, 1.165) is 17.9 Å². The third kappa shape index (κ3) is 3.13. The van der Waals surface area contributed by atoms with E-state index in [1.807, 2.05) is 11.8 Å². The van der Waals surface area contributed by atoms with E-state index in [2.05, 4.69) is 0 Å². The van der Waals surface area contributed by atoms with E-state index in [1.165, 1.54) is 7.11 Å². The van der Waals surface area contributed by atoms with E-state index in [-0.39, 0.29) is 6.10 Å². The van der Waals surface area contributed by atoms with Crippen LogP contribution in [0.5, 0.6) is 11.5 Å². The van der Waals surface area contributed by atoms with Crippen LogP contribution in [0.2, 0.25) is 0 Å². The van der Waals surface area contributed by atoms with Crippen LogP contribution < -0.4 is 15.2 Å². The van der Waals surface area contributed by atoms with Crippen LogP contribution in [0.15, 0.2) is 18.2 Å². The van der Waals surface area contributed by atoms with Gasteiger partial charge in [0.1, 0.15) is 12.1 Å².